The van der Waals surface area contributed by atoms with E-state index in [-0.39, 0.29) is 29.3 Å². The number of halogens is 1. The van der Waals surface area contributed by atoms with Crippen LogP contribution in [0.25, 0.3) is 5.69 Å². The number of likely N-dealkylation sites (tertiary alicyclic amines) is 1. The fourth-order valence-electron chi connectivity index (χ4n) is 3.04. The maximum Gasteiger partial charge on any atom is 0.255 e. The Morgan fingerprint density at radius 3 is 2.76 bits per heavy atom. The van der Waals surface area contributed by atoms with E-state index in [1.165, 1.54) is 22.8 Å². The molecule has 0 spiro atoms. The largest absolute Gasteiger partial charge is 0.380 e. The molecule has 132 valence electrons. The van der Waals surface area contributed by atoms with E-state index in [0.29, 0.717) is 18.7 Å². The van der Waals surface area contributed by atoms with Crippen molar-refractivity contribution < 1.29 is 13.9 Å². The lowest BCUT2D eigenvalue weighted by atomic mass is 10.1. The third kappa shape index (κ3) is 3.62. The van der Waals surface area contributed by atoms with Crippen molar-refractivity contribution in [2.75, 3.05) is 26.0 Å². The molecule has 1 aromatic heterocycles. The topological polar surface area (TPSA) is 63.6 Å². The number of carbonyl (C=O) groups is 1. The highest BCUT2D eigenvalue weighted by Gasteiger charge is 2.34. The number of rotatable bonds is 4. The normalized spacial score (nSPS) is 20.6. The second-order valence-electron chi connectivity index (χ2n) is 6.11. The zero-order chi connectivity index (χ0) is 18.0. The van der Waals surface area contributed by atoms with Gasteiger partial charge < -0.3 is 10.1 Å². The van der Waals surface area contributed by atoms with Crippen LogP contribution in [0.4, 0.5) is 10.1 Å². The number of methoxy groups -OCH3 is 1. The lowest BCUT2D eigenvalue weighted by molar-refractivity contribution is -0.120. The predicted molar refractivity (Wildman–Crippen MR) is 92.5 cm³/mol. The molecule has 6 nitrogen and oxygen atoms in total. The zero-order valence-corrected chi connectivity index (χ0v) is 14.1. The monoisotopic (exact) mass is 345 g/mol. The molecule has 1 fully saturated rings. The second-order valence-corrected chi connectivity index (χ2v) is 6.11. The first kappa shape index (κ1) is 17.3. The average Bonchev–Trinajstić information content (AvgIpc) is 2.98. The van der Waals surface area contributed by atoms with Crippen molar-refractivity contribution >= 4 is 11.6 Å². The molecule has 2 aromatic rings. The van der Waals surface area contributed by atoms with Gasteiger partial charge in [0.25, 0.3) is 5.56 Å². The van der Waals surface area contributed by atoms with E-state index in [2.05, 4.69) is 5.32 Å². The van der Waals surface area contributed by atoms with E-state index in [4.69, 9.17) is 4.74 Å². The van der Waals surface area contributed by atoms with Crippen LogP contribution in [0, 0.1) is 5.82 Å². The van der Waals surface area contributed by atoms with Gasteiger partial charge in [0.15, 0.2) is 0 Å². The quantitative estimate of drug-likeness (QED) is 0.915. The molecule has 2 atom stereocenters. The molecule has 2 heterocycles. The van der Waals surface area contributed by atoms with Gasteiger partial charge in [-0.15, -0.1) is 0 Å². The molecular formula is C18H20FN3O3. The number of amides is 1. The number of ether oxygens (including phenoxy) is 1. The molecule has 3 rings (SSSR count). The summed E-state index contributed by atoms with van der Waals surface area (Å²) in [6, 6.07) is 8.64. The highest BCUT2D eigenvalue weighted by Crippen LogP contribution is 2.22. The molecule has 1 N–H and O–H groups in total. The maximum atomic E-state index is 14.4. The first-order chi connectivity index (χ1) is 12.0. The predicted octanol–water partition coefficient (Wildman–Crippen LogP) is 1.63. The molecule has 1 aromatic carbocycles. The Balaban J connectivity index is 1.77. The Morgan fingerprint density at radius 2 is 2.12 bits per heavy atom. The van der Waals surface area contributed by atoms with Crippen molar-refractivity contribution in [1.82, 2.24) is 9.47 Å². The molecule has 1 amide bonds. The van der Waals surface area contributed by atoms with Crippen LogP contribution in [-0.2, 0) is 9.53 Å². The third-order valence-electron chi connectivity index (χ3n) is 4.46. The van der Waals surface area contributed by atoms with Crippen LogP contribution in [0.3, 0.4) is 0 Å². The van der Waals surface area contributed by atoms with Crippen LogP contribution in [-0.4, -0.2) is 48.2 Å². The number of hydrogen-bond donors (Lipinski definition) is 1. The molecule has 0 bridgehead atoms. The van der Waals surface area contributed by atoms with Crippen molar-refractivity contribution in [1.29, 1.82) is 0 Å². The molecule has 0 unspecified atom stereocenters. The van der Waals surface area contributed by atoms with E-state index in [9.17, 15) is 14.0 Å². The summed E-state index contributed by atoms with van der Waals surface area (Å²) in [5, 5.41) is 2.62. The summed E-state index contributed by atoms with van der Waals surface area (Å²) >= 11 is 0. The average molecular weight is 345 g/mol. The molecule has 0 saturated carbocycles. The minimum absolute atomic E-state index is 0.00192. The molecule has 7 heteroatoms. The molecule has 0 radical (unpaired) electrons. The maximum absolute atomic E-state index is 14.4. The number of aromatic nitrogens is 1. The van der Waals surface area contributed by atoms with Crippen molar-refractivity contribution in [2.24, 2.45) is 0 Å². The van der Waals surface area contributed by atoms with Crippen LogP contribution in [0.5, 0.6) is 0 Å². The number of benzene rings is 1. The standard InChI is InChI=1S/C18H20FN3O3/c1-21-11-13(25-2)10-16(21)18(24)20-15-7-6-12(9-14(15)19)22-8-4-3-5-17(22)23/h3-9,13,16H,10-11H2,1-2H3,(H,20,24)/t13-,16-/m1/s1. The van der Waals surface area contributed by atoms with Gasteiger partial charge in [-0.1, -0.05) is 6.07 Å². The summed E-state index contributed by atoms with van der Waals surface area (Å²) in [5.74, 6) is -0.865. The number of nitrogens with one attached hydrogen (secondary N) is 1. The first-order valence-corrected chi connectivity index (χ1v) is 8.01. The van der Waals surface area contributed by atoms with E-state index in [1.807, 2.05) is 11.9 Å². The van der Waals surface area contributed by atoms with Gasteiger partial charge >= 0.3 is 0 Å². The Kier molecular flexibility index (Phi) is 4.96. The molecule has 25 heavy (non-hydrogen) atoms. The zero-order valence-electron chi connectivity index (χ0n) is 14.1. The van der Waals surface area contributed by atoms with Crippen LogP contribution < -0.4 is 10.9 Å². The molecular weight excluding hydrogens is 325 g/mol. The smallest absolute Gasteiger partial charge is 0.255 e. The summed E-state index contributed by atoms with van der Waals surface area (Å²) < 4.78 is 21.0. The molecule has 0 aliphatic carbocycles. The number of nitrogens with zero attached hydrogens (tertiary/aromatic N) is 2. The number of anilines is 1. The van der Waals surface area contributed by atoms with Gasteiger partial charge in [0, 0.05) is 32.0 Å². The Hall–Kier alpha value is -2.51. The summed E-state index contributed by atoms with van der Waals surface area (Å²) in [7, 11) is 3.45. The van der Waals surface area contributed by atoms with Crippen molar-refractivity contribution in [3.63, 3.8) is 0 Å². The highest BCUT2D eigenvalue weighted by atomic mass is 19.1. The Morgan fingerprint density at radius 1 is 1.32 bits per heavy atom. The van der Waals surface area contributed by atoms with Crippen LogP contribution in [0.1, 0.15) is 6.42 Å². The molecule has 1 aliphatic heterocycles. The number of carbonyl (C=O) groups excluding carboxylic acids is 1. The Bertz CT molecular complexity index is 836. The molecule has 1 saturated heterocycles. The first-order valence-electron chi connectivity index (χ1n) is 8.01. The minimum atomic E-state index is -0.592. The number of hydrogen-bond acceptors (Lipinski definition) is 4. The highest BCUT2D eigenvalue weighted by molar-refractivity contribution is 5.95. The van der Waals surface area contributed by atoms with E-state index in [0.717, 1.165) is 0 Å². The lowest BCUT2D eigenvalue weighted by Gasteiger charge is -2.18. The van der Waals surface area contributed by atoms with Gasteiger partial charge in [0.1, 0.15) is 5.82 Å². The second kappa shape index (κ2) is 7.16. The number of pyridine rings is 1. The van der Waals surface area contributed by atoms with Gasteiger partial charge in [-0.05, 0) is 31.7 Å². The van der Waals surface area contributed by atoms with Crippen LogP contribution in [0.15, 0.2) is 47.4 Å². The van der Waals surface area contributed by atoms with E-state index < -0.39 is 5.82 Å². The SMILES string of the molecule is CO[C@@H]1C[C@H](C(=O)Nc2ccc(-n3ccccc3=O)cc2F)N(C)C1. The van der Waals surface area contributed by atoms with E-state index >= 15 is 0 Å². The minimum Gasteiger partial charge on any atom is -0.380 e. The van der Waals surface area contributed by atoms with Crippen molar-refractivity contribution in [3.8, 4) is 5.69 Å². The summed E-state index contributed by atoms with van der Waals surface area (Å²) in [6.07, 6.45) is 2.13. The van der Waals surface area contributed by atoms with Gasteiger partial charge in [-0.3, -0.25) is 19.1 Å². The van der Waals surface area contributed by atoms with E-state index in [1.54, 1.807) is 31.5 Å². The van der Waals surface area contributed by atoms with Crippen molar-refractivity contribution in [2.45, 2.75) is 18.6 Å². The molecule has 1 aliphatic rings. The number of likely N-dealkylation sites (N-methyl/N-ethyl adjacent to an activating group) is 1. The summed E-state index contributed by atoms with van der Waals surface area (Å²) in [5.41, 5.74) is 0.238. The lowest BCUT2D eigenvalue weighted by Crippen LogP contribution is -2.37. The van der Waals surface area contributed by atoms with Gasteiger partial charge in [0.2, 0.25) is 5.91 Å². The van der Waals surface area contributed by atoms with Crippen LogP contribution >= 0.6 is 0 Å². The van der Waals surface area contributed by atoms with Crippen molar-refractivity contribution in [3.05, 3.63) is 58.8 Å². The fourth-order valence-corrected chi connectivity index (χ4v) is 3.04. The summed E-state index contributed by atoms with van der Waals surface area (Å²) in [4.78, 5) is 26.1. The van der Waals surface area contributed by atoms with Gasteiger partial charge in [0.05, 0.1) is 23.5 Å². The van der Waals surface area contributed by atoms with Gasteiger partial charge in [-0.25, -0.2) is 4.39 Å². The third-order valence-corrected chi connectivity index (χ3v) is 4.46. The Labute approximate surface area is 144 Å². The summed E-state index contributed by atoms with van der Waals surface area (Å²) in [6.45, 7) is 0.660. The van der Waals surface area contributed by atoms with Crippen LogP contribution in [0.2, 0.25) is 0 Å². The van der Waals surface area contributed by atoms with Gasteiger partial charge in [-0.2, -0.15) is 0 Å². The fraction of sp³-hybridized carbons (Fsp3) is 0.333.